The van der Waals surface area contributed by atoms with Crippen molar-refractivity contribution in [2.45, 2.75) is 39.5 Å². The molecule has 0 N–H and O–H groups in total. The number of ketones is 1. The number of amides is 1. The average Bonchev–Trinajstić information content (AvgIpc) is 2.42. The first-order valence-corrected chi connectivity index (χ1v) is 6.95. The summed E-state index contributed by atoms with van der Waals surface area (Å²) < 4.78 is 0. The van der Waals surface area contributed by atoms with Crippen molar-refractivity contribution in [3.63, 3.8) is 0 Å². The highest BCUT2D eigenvalue weighted by molar-refractivity contribution is 5.99. The summed E-state index contributed by atoms with van der Waals surface area (Å²) in [5.74, 6) is 0.774. The maximum absolute atomic E-state index is 12.2. The largest absolute Gasteiger partial charge is 0.315 e. The quantitative estimate of drug-likeness (QED) is 0.779. The van der Waals surface area contributed by atoms with E-state index in [1.54, 1.807) is 11.9 Å². The number of carbonyl (C=O) groups excluding carboxylic acids is 2. The number of rotatable bonds is 4. The number of benzene rings is 1. The van der Waals surface area contributed by atoms with Crippen LogP contribution in [0.4, 0.5) is 5.69 Å². The first-order valence-electron chi connectivity index (χ1n) is 6.95. The van der Waals surface area contributed by atoms with E-state index in [0.29, 0.717) is 18.8 Å². The molecule has 3 nitrogen and oxygen atoms in total. The Morgan fingerprint density at radius 2 is 2.11 bits per heavy atom. The minimum Gasteiger partial charge on any atom is -0.315 e. The molecule has 1 aliphatic heterocycles. The van der Waals surface area contributed by atoms with Gasteiger partial charge in [-0.05, 0) is 36.1 Å². The van der Waals surface area contributed by atoms with Crippen LogP contribution in [-0.4, -0.2) is 18.7 Å². The fourth-order valence-electron chi connectivity index (χ4n) is 2.41. The molecular weight excluding hydrogens is 238 g/mol. The number of carbonyl (C=O) groups is 2. The van der Waals surface area contributed by atoms with E-state index in [0.717, 1.165) is 29.7 Å². The van der Waals surface area contributed by atoms with Crippen LogP contribution < -0.4 is 4.90 Å². The van der Waals surface area contributed by atoms with Crippen molar-refractivity contribution in [1.29, 1.82) is 0 Å². The van der Waals surface area contributed by atoms with Crippen LogP contribution in [0.3, 0.4) is 0 Å². The predicted molar refractivity (Wildman–Crippen MR) is 76.6 cm³/mol. The molecular formula is C16H21NO2. The van der Waals surface area contributed by atoms with Gasteiger partial charge >= 0.3 is 0 Å². The maximum atomic E-state index is 12.2. The van der Waals surface area contributed by atoms with Gasteiger partial charge < -0.3 is 4.90 Å². The summed E-state index contributed by atoms with van der Waals surface area (Å²) in [5, 5.41) is 0. The van der Waals surface area contributed by atoms with Gasteiger partial charge in [0, 0.05) is 31.1 Å². The smallest absolute Gasteiger partial charge is 0.227 e. The standard InChI is InChI=1S/C16H21NO2/c1-4-11(2)9-15(18)13-5-7-14-12(10-13)6-8-16(19)17(14)3/h5,7,10-11H,4,6,8-9H2,1-3H3. The van der Waals surface area contributed by atoms with E-state index in [1.165, 1.54) is 0 Å². The van der Waals surface area contributed by atoms with E-state index in [4.69, 9.17) is 0 Å². The van der Waals surface area contributed by atoms with Crippen LogP contribution in [0.1, 0.15) is 49.0 Å². The van der Waals surface area contributed by atoms with Crippen LogP contribution in [0.25, 0.3) is 0 Å². The van der Waals surface area contributed by atoms with Gasteiger partial charge in [-0.2, -0.15) is 0 Å². The van der Waals surface area contributed by atoms with Crippen LogP contribution in [0.15, 0.2) is 18.2 Å². The molecule has 0 bridgehead atoms. The second-order valence-electron chi connectivity index (χ2n) is 5.44. The molecule has 1 aliphatic rings. The van der Waals surface area contributed by atoms with Crippen LogP contribution in [0.2, 0.25) is 0 Å². The van der Waals surface area contributed by atoms with E-state index in [9.17, 15) is 9.59 Å². The molecule has 19 heavy (non-hydrogen) atoms. The number of hydrogen-bond donors (Lipinski definition) is 0. The van der Waals surface area contributed by atoms with Gasteiger partial charge in [0.2, 0.25) is 5.91 Å². The summed E-state index contributed by atoms with van der Waals surface area (Å²) in [6.07, 6.45) is 2.90. The van der Waals surface area contributed by atoms with Gasteiger partial charge in [0.25, 0.3) is 0 Å². The highest BCUT2D eigenvalue weighted by Crippen LogP contribution is 2.28. The second kappa shape index (κ2) is 5.55. The molecule has 1 amide bonds. The summed E-state index contributed by atoms with van der Waals surface area (Å²) in [4.78, 5) is 25.5. The van der Waals surface area contributed by atoms with E-state index in [-0.39, 0.29) is 11.7 Å². The van der Waals surface area contributed by atoms with Gasteiger partial charge in [0.05, 0.1) is 0 Å². The second-order valence-corrected chi connectivity index (χ2v) is 5.44. The summed E-state index contributed by atoms with van der Waals surface area (Å²) in [6.45, 7) is 4.20. The lowest BCUT2D eigenvalue weighted by Crippen LogP contribution is -2.31. The Hall–Kier alpha value is -1.64. The van der Waals surface area contributed by atoms with E-state index < -0.39 is 0 Å². The molecule has 0 fully saturated rings. The lowest BCUT2D eigenvalue weighted by atomic mass is 9.94. The Kier molecular flexibility index (Phi) is 4.03. The SMILES string of the molecule is CCC(C)CC(=O)c1ccc2c(c1)CCC(=O)N2C. The molecule has 0 saturated heterocycles. The Balaban J connectivity index is 2.22. The Morgan fingerprint density at radius 1 is 1.37 bits per heavy atom. The molecule has 1 aromatic carbocycles. The number of aryl methyl sites for hydroxylation is 1. The van der Waals surface area contributed by atoms with Crippen molar-refractivity contribution in [1.82, 2.24) is 0 Å². The number of Topliss-reactive ketones (excluding diaryl/α,β-unsaturated/α-hetero) is 1. The number of fused-ring (bicyclic) bond motifs is 1. The van der Waals surface area contributed by atoms with Crippen molar-refractivity contribution in [2.24, 2.45) is 5.92 Å². The Labute approximate surface area is 114 Å². The third kappa shape index (κ3) is 2.86. The predicted octanol–water partition coefficient (Wildman–Crippen LogP) is 3.21. The molecule has 2 rings (SSSR count). The van der Waals surface area contributed by atoms with Crippen molar-refractivity contribution in [3.05, 3.63) is 29.3 Å². The zero-order valence-electron chi connectivity index (χ0n) is 11.9. The fraction of sp³-hybridized carbons (Fsp3) is 0.500. The van der Waals surface area contributed by atoms with Crippen molar-refractivity contribution in [3.8, 4) is 0 Å². The molecule has 0 aliphatic carbocycles. The molecule has 102 valence electrons. The molecule has 0 spiro atoms. The van der Waals surface area contributed by atoms with E-state index >= 15 is 0 Å². The number of hydrogen-bond acceptors (Lipinski definition) is 2. The summed E-state index contributed by atoms with van der Waals surface area (Å²) in [7, 11) is 1.79. The van der Waals surface area contributed by atoms with Crippen molar-refractivity contribution < 1.29 is 9.59 Å². The van der Waals surface area contributed by atoms with E-state index in [2.05, 4.69) is 13.8 Å². The highest BCUT2D eigenvalue weighted by Gasteiger charge is 2.22. The molecule has 3 heteroatoms. The summed E-state index contributed by atoms with van der Waals surface area (Å²) in [6, 6.07) is 5.71. The monoisotopic (exact) mass is 259 g/mol. The van der Waals surface area contributed by atoms with Gasteiger partial charge in [-0.3, -0.25) is 9.59 Å². The Morgan fingerprint density at radius 3 is 2.79 bits per heavy atom. The maximum Gasteiger partial charge on any atom is 0.227 e. The van der Waals surface area contributed by atoms with Crippen LogP contribution in [0.5, 0.6) is 0 Å². The Bertz CT molecular complexity index is 507. The fourth-order valence-corrected chi connectivity index (χ4v) is 2.41. The van der Waals surface area contributed by atoms with Gasteiger partial charge in [-0.1, -0.05) is 20.3 Å². The van der Waals surface area contributed by atoms with Gasteiger partial charge in [0.1, 0.15) is 0 Å². The molecule has 0 radical (unpaired) electrons. The topological polar surface area (TPSA) is 37.4 Å². The summed E-state index contributed by atoms with van der Waals surface area (Å²) in [5.41, 5.74) is 2.83. The molecule has 1 atom stereocenters. The number of nitrogens with zero attached hydrogens (tertiary/aromatic N) is 1. The molecule has 0 saturated carbocycles. The third-order valence-corrected chi connectivity index (χ3v) is 3.98. The lowest BCUT2D eigenvalue weighted by Gasteiger charge is -2.26. The van der Waals surface area contributed by atoms with Gasteiger partial charge in [0.15, 0.2) is 5.78 Å². The first kappa shape index (κ1) is 13.8. The molecule has 1 heterocycles. The average molecular weight is 259 g/mol. The molecule has 1 aromatic rings. The van der Waals surface area contributed by atoms with Crippen LogP contribution >= 0.6 is 0 Å². The van der Waals surface area contributed by atoms with Crippen molar-refractivity contribution in [2.75, 3.05) is 11.9 Å². The lowest BCUT2D eigenvalue weighted by molar-refractivity contribution is -0.118. The minimum absolute atomic E-state index is 0.145. The molecule has 1 unspecified atom stereocenters. The summed E-state index contributed by atoms with van der Waals surface area (Å²) >= 11 is 0. The highest BCUT2D eigenvalue weighted by atomic mass is 16.2. The zero-order chi connectivity index (χ0) is 14.0. The minimum atomic E-state index is 0.145. The molecule has 0 aromatic heterocycles. The van der Waals surface area contributed by atoms with E-state index in [1.807, 2.05) is 18.2 Å². The number of anilines is 1. The normalized spacial score (nSPS) is 16.2. The van der Waals surface area contributed by atoms with Crippen LogP contribution in [-0.2, 0) is 11.2 Å². The van der Waals surface area contributed by atoms with Crippen molar-refractivity contribution >= 4 is 17.4 Å². The van der Waals surface area contributed by atoms with Gasteiger partial charge in [-0.25, -0.2) is 0 Å². The zero-order valence-corrected chi connectivity index (χ0v) is 11.9. The van der Waals surface area contributed by atoms with Gasteiger partial charge in [-0.15, -0.1) is 0 Å². The first-order chi connectivity index (χ1) is 9.02. The van der Waals surface area contributed by atoms with Crippen LogP contribution in [0, 0.1) is 5.92 Å². The third-order valence-electron chi connectivity index (χ3n) is 3.98.